The number of esters is 1. The van der Waals surface area contributed by atoms with E-state index in [9.17, 15) is 4.79 Å². The summed E-state index contributed by atoms with van der Waals surface area (Å²) in [5.41, 5.74) is 8.15. The standard InChI is InChI=1S/C11H17N3O2.CH4/c1-2-16-11(15)7-14-10-5-3-4-9(12)8(10)6-13-14;/h6,9H,2-5,7,12H2,1H3;1H4/t9-;/m0./s1. The first-order chi connectivity index (χ1) is 7.72. The largest absolute Gasteiger partial charge is 0.465 e. The van der Waals surface area contributed by atoms with E-state index < -0.39 is 0 Å². The maximum absolute atomic E-state index is 11.4. The van der Waals surface area contributed by atoms with Crippen molar-refractivity contribution >= 4 is 5.97 Å². The fraction of sp³-hybridized carbons (Fsp3) is 0.667. The van der Waals surface area contributed by atoms with Crippen molar-refractivity contribution in [2.24, 2.45) is 5.73 Å². The third-order valence-electron chi connectivity index (χ3n) is 2.89. The Labute approximate surface area is 102 Å². The Morgan fingerprint density at radius 3 is 3.18 bits per heavy atom. The van der Waals surface area contributed by atoms with Crippen LogP contribution in [-0.4, -0.2) is 22.4 Å². The number of nitrogens with two attached hydrogens (primary N) is 1. The molecule has 1 aliphatic carbocycles. The van der Waals surface area contributed by atoms with Gasteiger partial charge in [-0.25, -0.2) is 0 Å². The van der Waals surface area contributed by atoms with Gasteiger partial charge in [0.15, 0.2) is 0 Å². The van der Waals surface area contributed by atoms with Crippen LogP contribution < -0.4 is 5.73 Å². The van der Waals surface area contributed by atoms with E-state index in [-0.39, 0.29) is 26.0 Å². The van der Waals surface area contributed by atoms with E-state index in [0.29, 0.717) is 6.61 Å². The van der Waals surface area contributed by atoms with Crippen molar-refractivity contribution in [2.75, 3.05) is 6.61 Å². The zero-order valence-electron chi connectivity index (χ0n) is 9.48. The monoisotopic (exact) mass is 239 g/mol. The van der Waals surface area contributed by atoms with Crippen LogP contribution in [0.1, 0.15) is 44.5 Å². The second-order valence-corrected chi connectivity index (χ2v) is 4.01. The summed E-state index contributed by atoms with van der Waals surface area (Å²) in [4.78, 5) is 11.4. The number of carbonyl (C=O) groups excluding carboxylic acids is 1. The molecular formula is C12H21N3O2. The van der Waals surface area contributed by atoms with Gasteiger partial charge in [-0.3, -0.25) is 9.48 Å². The quantitative estimate of drug-likeness (QED) is 0.810. The molecule has 2 N–H and O–H groups in total. The molecule has 0 saturated heterocycles. The van der Waals surface area contributed by atoms with Crippen LogP contribution in [-0.2, 0) is 22.5 Å². The molecule has 0 radical (unpaired) electrons. The highest BCUT2D eigenvalue weighted by Gasteiger charge is 2.22. The highest BCUT2D eigenvalue weighted by atomic mass is 16.5. The zero-order valence-corrected chi connectivity index (χ0v) is 9.48. The average molecular weight is 239 g/mol. The molecule has 0 saturated carbocycles. The SMILES string of the molecule is C.CCOC(=O)Cn1ncc2c1CCC[C@@H]2N. The average Bonchev–Trinajstić information content (AvgIpc) is 2.64. The molecule has 5 nitrogen and oxygen atoms in total. The molecule has 0 fully saturated rings. The van der Waals surface area contributed by atoms with Crippen molar-refractivity contribution in [1.29, 1.82) is 0 Å². The lowest BCUT2D eigenvalue weighted by Gasteiger charge is -2.19. The molecule has 96 valence electrons. The second-order valence-electron chi connectivity index (χ2n) is 4.01. The Balaban J connectivity index is 0.00000144. The Hall–Kier alpha value is -1.36. The van der Waals surface area contributed by atoms with Gasteiger partial charge in [0.2, 0.25) is 0 Å². The summed E-state index contributed by atoms with van der Waals surface area (Å²) in [7, 11) is 0. The van der Waals surface area contributed by atoms with Crippen LogP contribution in [0.5, 0.6) is 0 Å². The second kappa shape index (κ2) is 5.82. The molecule has 1 heterocycles. The summed E-state index contributed by atoms with van der Waals surface area (Å²) in [6, 6.07) is 0.0692. The summed E-state index contributed by atoms with van der Waals surface area (Å²) >= 11 is 0. The minimum atomic E-state index is -0.243. The van der Waals surface area contributed by atoms with Crippen molar-refractivity contribution in [3.63, 3.8) is 0 Å². The molecule has 2 rings (SSSR count). The summed E-state index contributed by atoms with van der Waals surface area (Å²) in [5.74, 6) is -0.243. The topological polar surface area (TPSA) is 70.1 Å². The van der Waals surface area contributed by atoms with Gasteiger partial charge >= 0.3 is 5.97 Å². The first-order valence-corrected chi connectivity index (χ1v) is 5.68. The van der Waals surface area contributed by atoms with Crippen LogP contribution in [0.15, 0.2) is 6.20 Å². The number of rotatable bonds is 3. The number of hydrogen-bond acceptors (Lipinski definition) is 4. The minimum absolute atomic E-state index is 0. The molecular weight excluding hydrogens is 218 g/mol. The summed E-state index contributed by atoms with van der Waals surface area (Å²) < 4.78 is 6.62. The predicted molar refractivity (Wildman–Crippen MR) is 65.5 cm³/mol. The number of nitrogens with zero attached hydrogens (tertiary/aromatic N) is 2. The van der Waals surface area contributed by atoms with Crippen molar-refractivity contribution < 1.29 is 9.53 Å². The number of fused-ring (bicyclic) bond motifs is 1. The molecule has 0 aromatic carbocycles. The van der Waals surface area contributed by atoms with Crippen LogP contribution >= 0.6 is 0 Å². The summed E-state index contributed by atoms with van der Waals surface area (Å²) in [5, 5.41) is 4.21. The molecule has 0 aliphatic heterocycles. The molecule has 1 aliphatic rings. The lowest BCUT2D eigenvalue weighted by molar-refractivity contribution is -0.144. The van der Waals surface area contributed by atoms with Crippen LogP contribution in [0.2, 0.25) is 0 Å². The molecule has 1 aromatic heterocycles. The first kappa shape index (κ1) is 13.7. The van der Waals surface area contributed by atoms with Gasteiger partial charge < -0.3 is 10.5 Å². The fourth-order valence-corrected chi connectivity index (χ4v) is 2.12. The normalized spacial score (nSPS) is 18.1. The van der Waals surface area contributed by atoms with E-state index in [0.717, 1.165) is 30.5 Å². The molecule has 0 unspecified atom stereocenters. The molecule has 0 bridgehead atoms. The number of carbonyl (C=O) groups is 1. The van der Waals surface area contributed by atoms with Crippen molar-refractivity contribution in [3.05, 3.63) is 17.5 Å². The van der Waals surface area contributed by atoms with Crippen molar-refractivity contribution in [1.82, 2.24) is 9.78 Å². The Morgan fingerprint density at radius 1 is 1.71 bits per heavy atom. The molecule has 0 amide bonds. The van der Waals surface area contributed by atoms with Gasteiger partial charge in [-0.2, -0.15) is 5.10 Å². The third kappa shape index (κ3) is 2.85. The number of hydrogen-bond donors (Lipinski definition) is 1. The number of ether oxygens (including phenoxy) is 1. The van der Waals surface area contributed by atoms with Gasteiger partial charge in [-0.15, -0.1) is 0 Å². The highest BCUT2D eigenvalue weighted by Crippen LogP contribution is 2.27. The molecule has 1 atom stereocenters. The van der Waals surface area contributed by atoms with E-state index >= 15 is 0 Å². The maximum Gasteiger partial charge on any atom is 0.327 e. The van der Waals surface area contributed by atoms with E-state index in [1.807, 2.05) is 0 Å². The van der Waals surface area contributed by atoms with Crippen molar-refractivity contribution in [3.8, 4) is 0 Å². The predicted octanol–water partition coefficient (Wildman–Crippen LogP) is 1.42. The van der Waals surface area contributed by atoms with Crippen LogP contribution in [0.4, 0.5) is 0 Å². The zero-order chi connectivity index (χ0) is 11.5. The van der Waals surface area contributed by atoms with Crippen LogP contribution in [0.3, 0.4) is 0 Å². The van der Waals surface area contributed by atoms with Gasteiger partial charge in [0.1, 0.15) is 6.54 Å². The summed E-state index contributed by atoms with van der Waals surface area (Å²) in [6.07, 6.45) is 4.78. The first-order valence-electron chi connectivity index (χ1n) is 5.68. The minimum Gasteiger partial charge on any atom is -0.465 e. The lowest BCUT2D eigenvalue weighted by Crippen LogP contribution is -2.21. The van der Waals surface area contributed by atoms with Gasteiger partial charge in [0.25, 0.3) is 0 Å². The summed E-state index contributed by atoms with van der Waals surface area (Å²) in [6.45, 7) is 2.39. The smallest absolute Gasteiger partial charge is 0.327 e. The van der Waals surface area contributed by atoms with Crippen LogP contribution in [0.25, 0.3) is 0 Å². The van der Waals surface area contributed by atoms with Crippen LogP contribution in [0, 0.1) is 0 Å². The Kier molecular flexibility index (Phi) is 4.69. The molecule has 0 spiro atoms. The molecule has 1 aromatic rings. The van der Waals surface area contributed by atoms with E-state index in [1.165, 1.54) is 0 Å². The number of aromatic nitrogens is 2. The fourth-order valence-electron chi connectivity index (χ4n) is 2.12. The van der Waals surface area contributed by atoms with Gasteiger partial charge in [-0.1, -0.05) is 7.43 Å². The van der Waals surface area contributed by atoms with E-state index in [1.54, 1.807) is 17.8 Å². The molecule has 5 heteroatoms. The van der Waals surface area contributed by atoms with E-state index in [2.05, 4.69) is 5.10 Å². The van der Waals surface area contributed by atoms with Gasteiger partial charge in [0, 0.05) is 17.3 Å². The third-order valence-corrected chi connectivity index (χ3v) is 2.89. The van der Waals surface area contributed by atoms with E-state index in [4.69, 9.17) is 10.5 Å². The Bertz CT molecular complexity index is 387. The van der Waals surface area contributed by atoms with Gasteiger partial charge in [-0.05, 0) is 26.2 Å². The highest BCUT2D eigenvalue weighted by molar-refractivity contribution is 5.69. The Morgan fingerprint density at radius 2 is 2.47 bits per heavy atom. The molecule has 17 heavy (non-hydrogen) atoms. The maximum atomic E-state index is 11.4. The lowest BCUT2D eigenvalue weighted by atomic mass is 9.94. The van der Waals surface area contributed by atoms with Gasteiger partial charge in [0.05, 0.1) is 12.8 Å². The van der Waals surface area contributed by atoms with Crippen molar-refractivity contribution in [2.45, 2.75) is 46.2 Å².